The van der Waals surface area contributed by atoms with Gasteiger partial charge in [0.1, 0.15) is 29.5 Å². The minimum absolute atomic E-state index is 0.0312. The van der Waals surface area contributed by atoms with E-state index in [4.69, 9.17) is 9.47 Å². The van der Waals surface area contributed by atoms with Gasteiger partial charge in [-0.1, -0.05) is 0 Å². The third-order valence-corrected chi connectivity index (χ3v) is 5.69. The van der Waals surface area contributed by atoms with Gasteiger partial charge in [0, 0.05) is 29.6 Å². The molecule has 3 aromatic heterocycles. The van der Waals surface area contributed by atoms with Gasteiger partial charge in [0.05, 0.1) is 7.11 Å². The van der Waals surface area contributed by atoms with Gasteiger partial charge in [-0.25, -0.2) is 15.0 Å². The van der Waals surface area contributed by atoms with E-state index >= 15 is 0 Å². The van der Waals surface area contributed by atoms with Crippen LogP contribution in [-0.4, -0.2) is 64.6 Å². The highest BCUT2D eigenvalue weighted by atomic mass is 16.5. The number of aromatic nitrogens is 4. The molecule has 3 heterocycles. The Balaban J connectivity index is 1.40. The largest absolute Gasteiger partial charge is 0.480 e. The van der Waals surface area contributed by atoms with Crippen molar-refractivity contribution in [3.05, 3.63) is 24.7 Å². The summed E-state index contributed by atoms with van der Waals surface area (Å²) < 4.78 is 11.5. The summed E-state index contributed by atoms with van der Waals surface area (Å²) in [4.78, 5) is 31.0. The number of rotatable bonds is 8. The number of nitrogens with one attached hydrogen (secondary N) is 2. The maximum absolute atomic E-state index is 12.5. The molecule has 2 aliphatic carbocycles. The van der Waals surface area contributed by atoms with Crippen molar-refractivity contribution >= 4 is 22.8 Å². The highest BCUT2D eigenvalue weighted by Gasteiger charge is 2.43. The molecule has 2 aliphatic rings. The van der Waals surface area contributed by atoms with Crippen LogP contribution in [0.3, 0.4) is 0 Å². The van der Waals surface area contributed by atoms with Gasteiger partial charge in [0.2, 0.25) is 17.7 Å². The van der Waals surface area contributed by atoms with Crippen LogP contribution in [-0.2, 0) is 4.79 Å². The van der Waals surface area contributed by atoms with Crippen molar-refractivity contribution in [1.82, 2.24) is 24.8 Å². The molecule has 0 unspecified atom stereocenters. The summed E-state index contributed by atoms with van der Waals surface area (Å²) in [5.41, 5.74) is 2.21. The van der Waals surface area contributed by atoms with Crippen LogP contribution in [0.1, 0.15) is 19.3 Å². The van der Waals surface area contributed by atoms with Gasteiger partial charge < -0.3 is 24.7 Å². The first kappa shape index (κ1) is 19.7. The Hall–Kier alpha value is -3.20. The van der Waals surface area contributed by atoms with Crippen molar-refractivity contribution in [3.8, 4) is 22.9 Å². The molecular weight excluding hydrogens is 396 g/mol. The summed E-state index contributed by atoms with van der Waals surface area (Å²) in [5.74, 6) is 2.01. The van der Waals surface area contributed by atoms with Gasteiger partial charge in [0.15, 0.2) is 0 Å². The van der Waals surface area contributed by atoms with Crippen molar-refractivity contribution in [3.63, 3.8) is 0 Å². The molecule has 0 aromatic carbocycles. The molecule has 2 saturated carbocycles. The summed E-state index contributed by atoms with van der Waals surface area (Å²) in [6.07, 6.45) is 6.47. The van der Waals surface area contributed by atoms with Crippen LogP contribution < -0.4 is 14.8 Å². The summed E-state index contributed by atoms with van der Waals surface area (Å²) in [6.45, 7) is 0.927. The number of anilines is 1. The van der Waals surface area contributed by atoms with E-state index < -0.39 is 0 Å². The standard InChI is InChI=1S/C22H26N6O3/c1-28(2)10-12-8-15(12)20(29)27-17-7-6-14-16(9-23-19(14)26-17)18-21(30-3)24-11-25-22(18)31-13-4-5-13/h6-7,9,11-13,15H,4-5,8,10H2,1-3H3,(H2,23,26,27,29)/t12-,15+/m0/s1. The number of amides is 1. The minimum Gasteiger partial charge on any atom is -0.480 e. The number of hydrogen-bond donors (Lipinski definition) is 2. The van der Waals surface area contributed by atoms with E-state index in [0.717, 1.165) is 36.8 Å². The second kappa shape index (κ2) is 7.81. The molecule has 0 aliphatic heterocycles. The Morgan fingerprint density at radius 2 is 2.06 bits per heavy atom. The molecule has 0 spiro atoms. The van der Waals surface area contributed by atoms with Gasteiger partial charge in [-0.15, -0.1) is 0 Å². The molecular formula is C22H26N6O3. The zero-order valence-electron chi connectivity index (χ0n) is 17.9. The number of methoxy groups -OCH3 is 1. The lowest BCUT2D eigenvalue weighted by Crippen LogP contribution is -2.20. The fraction of sp³-hybridized carbons (Fsp3) is 0.455. The van der Waals surface area contributed by atoms with Crippen LogP contribution in [0.15, 0.2) is 24.7 Å². The number of carbonyl (C=O) groups excluding carboxylic acids is 1. The van der Waals surface area contributed by atoms with Crippen molar-refractivity contribution in [2.24, 2.45) is 11.8 Å². The van der Waals surface area contributed by atoms with Gasteiger partial charge in [0.25, 0.3) is 0 Å². The maximum Gasteiger partial charge on any atom is 0.228 e. The lowest BCUT2D eigenvalue weighted by molar-refractivity contribution is -0.117. The average Bonchev–Trinajstić information content (AvgIpc) is 3.66. The fourth-order valence-corrected chi connectivity index (χ4v) is 3.91. The average molecular weight is 422 g/mol. The summed E-state index contributed by atoms with van der Waals surface area (Å²) in [7, 11) is 5.63. The Kier molecular flexibility index (Phi) is 4.97. The van der Waals surface area contributed by atoms with E-state index in [0.29, 0.717) is 34.7 Å². The lowest BCUT2D eigenvalue weighted by Gasteiger charge is -2.12. The number of pyridine rings is 1. The minimum atomic E-state index is 0.0312. The number of carbonyl (C=O) groups is 1. The molecule has 2 fully saturated rings. The number of fused-ring (bicyclic) bond motifs is 1. The Bertz CT molecular complexity index is 1120. The maximum atomic E-state index is 12.5. The number of H-pyrrole nitrogens is 1. The van der Waals surface area contributed by atoms with E-state index in [2.05, 4.69) is 30.2 Å². The van der Waals surface area contributed by atoms with Crippen LogP contribution in [0.5, 0.6) is 11.8 Å². The van der Waals surface area contributed by atoms with Crippen LogP contribution in [0.4, 0.5) is 5.82 Å². The molecule has 3 aromatic rings. The van der Waals surface area contributed by atoms with E-state index in [1.165, 1.54) is 6.33 Å². The zero-order valence-corrected chi connectivity index (χ0v) is 17.9. The third kappa shape index (κ3) is 4.05. The molecule has 9 heteroatoms. The van der Waals surface area contributed by atoms with E-state index in [-0.39, 0.29) is 17.9 Å². The fourth-order valence-electron chi connectivity index (χ4n) is 3.91. The van der Waals surface area contributed by atoms with Crippen molar-refractivity contribution < 1.29 is 14.3 Å². The van der Waals surface area contributed by atoms with Crippen molar-refractivity contribution in [2.75, 3.05) is 33.1 Å². The Labute approximate surface area is 180 Å². The monoisotopic (exact) mass is 422 g/mol. The zero-order chi connectivity index (χ0) is 21.5. The topological polar surface area (TPSA) is 105 Å². The molecule has 2 N–H and O–H groups in total. The predicted molar refractivity (Wildman–Crippen MR) is 116 cm³/mol. The third-order valence-electron chi connectivity index (χ3n) is 5.69. The van der Waals surface area contributed by atoms with Gasteiger partial charge in [-0.2, -0.15) is 0 Å². The first-order valence-corrected chi connectivity index (χ1v) is 10.5. The normalized spacial score (nSPS) is 20.1. The highest BCUT2D eigenvalue weighted by Crippen LogP contribution is 2.42. The summed E-state index contributed by atoms with van der Waals surface area (Å²) in [6, 6.07) is 3.75. The quantitative estimate of drug-likeness (QED) is 0.575. The lowest BCUT2D eigenvalue weighted by atomic mass is 10.1. The van der Waals surface area contributed by atoms with Crippen LogP contribution in [0.2, 0.25) is 0 Å². The number of nitrogens with zero attached hydrogens (tertiary/aromatic N) is 4. The smallest absolute Gasteiger partial charge is 0.228 e. The van der Waals surface area contributed by atoms with Crippen LogP contribution in [0.25, 0.3) is 22.2 Å². The Morgan fingerprint density at radius 3 is 2.81 bits per heavy atom. The molecule has 0 radical (unpaired) electrons. The molecule has 5 rings (SSSR count). The van der Waals surface area contributed by atoms with E-state index in [9.17, 15) is 4.79 Å². The SMILES string of the molecule is COc1ncnc(OC2CC2)c1-c1c[nH]c2nc(NC(=O)[C@@H]3C[C@H]3CN(C)C)ccc12. The predicted octanol–water partition coefficient (Wildman–Crippen LogP) is 2.71. The first-order chi connectivity index (χ1) is 15.0. The van der Waals surface area contributed by atoms with Crippen LogP contribution >= 0.6 is 0 Å². The second-order valence-electron chi connectivity index (χ2n) is 8.53. The second-order valence-corrected chi connectivity index (χ2v) is 8.53. The van der Waals surface area contributed by atoms with E-state index in [1.807, 2.05) is 32.4 Å². The first-order valence-electron chi connectivity index (χ1n) is 10.5. The number of hydrogen-bond acceptors (Lipinski definition) is 7. The van der Waals surface area contributed by atoms with Crippen LogP contribution in [0, 0.1) is 11.8 Å². The molecule has 1 amide bonds. The van der Waals surface area contributed by atoms with E-state index in [1.54, 1.807) is 7.11 Å². The molecule has 0 saturated heterocycles. The molecule has 162 valence electrons. The molecule has 31 heavy (non-hydrogen) atoms. The molecule has 0 bridgehead atoms. The summed E-state index contributed by atoms with van der Waals surface area (Å²) in [5, 5.41) is 3.83. The highest BCUT2D eigenvalue weighted by molar-refractivity contribution is 5.99. The van der Waals surface area contributed by atoms with Crippen molar-refractivity contribution in [2.45, 2.75) is 25.4 Å². The Morgan fingerprint density at radius 1 is 1.26 bits per heavy atom. The number of ether oxygens (including phenoxy) is 2. The summed E-state index contributed by atoms with van der Waals surface area (Å²) >= 11 is 0. The van der Waals surface area contributed by atoms with Gasteiger partial charge in [-0.05, 0) is 51.4 Å². The van der Waals surface area contributed by atoms with Gasteiger partial charge in [-0.3, -0.25) is 4.79 Å². The molecule has 9 nitrogen and oxygen atoms in total. The number of aromatic amines is 1. The van der Waals surface area contributed by atoms with Gasteiger partial charge >= 0.3 is 0 Å². The molecule has 2 atom stereocenters. The van der Waals surface area contributed by atoms with Crippen molar-refractivity contribution in [1.29, 1.82) is 0 Å².